The van der Waals surface area contributed by atoms with Crippen LogP contribution >= 0.6 is 12.6 Å². The van der Waals surface area contributed by atoms with Crippen molar-refractivity contribution in [2.24, 2.45) is 27.9 Å². The molecule has 1 aromatic heterocycles. The van der Waals surface area contributed by atoms with Gasteiger partial charge in [-0.15, -0.1) is 0 Å². The lowest BCUT2D eigenvalue weighted by molar-refractivity contribution is -0.142. The summed E-state index contributed by atoms with van der Waals surface area (Å²) in [6, 6.07) is 2.60. The van der Waals surface area contributed by atoms with Crippen LogP contribution in [0.5, 0.6) is 0 Å². The molecule has 0 aliphatic rings. The van der Waals surface area contributed by atoms with Gasteiger partial charge in [-0.2, -0.15) is 12.6 Å². The number of primary amides is 1. The molecule has 0 aliphatic heterocycles. The van der Waals surface area contributed by atoms with Crippen molar-refractivity contribution >= 4 is 59.1 Å². The summed E-state index contributed by atoms with van der Waals surface area (Å²) in [6.07, 6.45) is 1.53. The van der Waals surface area contributed by atoms with Crippen molar-refractivity contribution in [1.82, 2.24) is 20.9 Å². The van der Waals surface area contributed by atoms with Crippen LogP contribution in [0.3, 0.4) is 0 Å². The number of hydrogen-bond acceptors (Lipinski definition) is 8. The molecule has 4 amide bonds. The number of guanidine groups is 1. The zero-order valence-corrected chi connectivity index (χ0v) is 23.2. The minimum absolute atomic E-state index is 0.0282. The van der Waals surface area contributed by atoms with E-state index in [2.05, 4.69) is 38.6 Å². The van der Waals surface area contributed by atoms with Gasteiger partial charge in [0.25, 0.3) is 0 Å². The molecule has 1 aromatic carbocycles. The van der Waals surface area contributed by atoms with Crippen LogP contribution in [0.1, 0.15) is 31.2 Å². The van der Waals surface area contributed by atoms with Crippen molar-refractivity contribution in [3.8, 4) is 0 Å². The van der Waals surface area contributed by atoms with E-state index >= 15 is 0 Å². The molecule has 0 spiro atoms. The van der Waals surface area contributed by atoms with Gasteiger partial charge in [0, 0.05) is 42.2 Å². The summed E-state index contributed by atoms with van der Waals surface area (Å²) in [5.41, 5.74) is 23.2. The van der Waals surface area contributed by atoms with Crippen LogP contribution in [-0.2, 0) is 30.4 Å². The van der Waals surface area contributed by atoms with Gasteiger partial charge in [0.05, 0.1) is 6.04 Å². The van der Waals surface area contributed by atoms with E-state index < -0.39 is 53.8 Å². The van der Waals surface area contributed by atoms with E-state index in [1.807, 2.05) is 24.3 Å². The van der Waals surface area contributed by atoms with Gasteiger partial charge in [0.15, 0.2) is 5.96 Å². The number of carboxylic acids is 1. The molecule has 2 aromatic rings. The molecule has 1 heterocycles. The zero-order chi connectivity index (χ0) is 30.5. The van der Waals surface area contributed by atoms with E-state index in [0.717, 1.165) is 16.5 Å². The van der Waals surface area contributed by atoms with Gasteiger partial charge in [-0.3, -0.25) is 24.2 Å². The number of aromatic amines is 1. The number of fused-ring (bicyclic) bond motifs is 1. The van der Waals surface area contributed by atoms with E-state index in [-0.39, 0.29) is 50.4 Å². The molecule has 0 saturated heterocycles. The fourth-order valence-electron chi connectivity index (χ4n) is 3.95. The molecule has 4 atom stereocenters. The number of benzene rings is 1. The van der Waals surface area contributed by atoms with Crippen LogP contribution in [0, 0.1) is 0 Å². The standard InChI is InChI=1S/C25H37N9O6S/c26-15(12-41)21(36)34-19(10-13-11-31-16-5-2-1-4-14(13)16)23(38)32-17(6-3-9-30-25(28)29)22(37)33-18(24(39)40)7-8-20(27)35/h1-2,4-5,11,15,17-19,31,41H,3,6-10,12,26H2,(H2,27,35)(H,32,38)(H,33,37)(H,34,36)(H,39,40)(H4,28,29,30). The maximum atomic E-state index is 13.5. The SMILES string of the molecule is NC(=O)CCC(NC(=O)C(CCCN=C(N)N)NC(=O)C(Cc1c[nH]c2ccccc12)NC(=O)C(N)CS)C(=O)O. The van der Waals surface area contributed by atoms with Gasteiger partial charge in [0.2, 0.25) is 23.6 Å². The summed E-state index contributed by atoms with van der Waals surface area (Å²) in [7, 11) is 0. The number of amides is 4. The van der Waals surface area contributed by atoms with Crippen molar-refractivity contribution < 1.29 is 29.1 Å². The van der Waals surface area contributed by atoms with Gasteiger partial charge < -0.3 is 49.0 Å². The second kappa shape index (κ2) is 16.1. The quantitative estimate of drug-likeness (QED) is 0.0414. The normalized spacial score (nSPS) is 13.8. The van der Waals surface area contributed by atoms with Gasteiger partial charge in [-0.25, -0.2) is 4.79 Å². The van der Waals surface area contributed by atoms with E-state index in [1.165, 1.54) is 0 Å². The Morgan fingerprint density at radius 2 is 1.56 bits per heavy atom. The summed E-state index contributed by atoms with van der Waals surface area (Å²) in [4.78, 5) is 69.1. The molecule has 13 N–H and O–H groups in total. The maximum Gasteiger partial charge on any atom is 0.326 e. The lowest BCUT2D eigenvalue weighted by Gasteiger charge is -2.25. The summed E-state index contributed by atoms with van der Waals surface area (Å²) >= 11 is 4.04. The Morgan fingerprint density at radius 3 is 2.20 bits per heavy atom. The molecule has 0 bridgehead atoms. The number of para-hydroxylation sites is 1. The number of rotatable bonds is 17. The number of aromatic nitrogens is 1. The van der Waals surface area contributed by atoms with Crippen LogP contribution in [-0.4, -0.2) is 82.1 Å². The van der Waals surface area contributed by atoms with Crippen LogP contribution in [0.25, 0.3) is 10.9 Å². The van der Waals surface area contributed by atoms with Gasteiger partial charge in [-0.05, 0) is 30.9 Å². The average molecular weight is 592 g/mol. The Hall–Kier alpha value is -4.31. The number of carbonyl (C=O) groups excluding carboxylic acids is 4. The number of nitrogens with one attached hydrogen (secondary N) is 4. The number of H-pyrrole nitrogens is 1. The van der Waals surface area contributed by atoms with Crippen LogP contribution in [0.4, 0.5) is 0 Å². The number of carboxylic acid groups (broad SMARTS) is 1. The van der Waals surface area contributed by atoms with E-state index in [4.69, 9.17) is 22.9 Å². The molecular formula is C25H37N9O6S. The molecule has 2 rings (SSSR count). The smallest absolute Gasteiger partial charge is 0.326 e. The molecule has 16 heteroatoms. The van der Waals surface area contributed by atoms with Crippen LogP contribution < -0.4 is 38.9 Å². The molecule has 4 unspecified atom stereocenters. The Labute approximate surface area is 241 Å². The van der Waals surface area contributed by atoms with Crippen molar-refractivity contribution in [1.29, 1.82) is 0 Å². The average Bonchev–Trinajstić information content (AvgIpc) is 3.33. The second-order valence-corrected chi connectivity index (χ2v) is 9.69. The molecule has 15 nitrogen and oxygen atoms in total. The Bertz CT molecular complexity index is 1260. The fourth-order valence-corrected chi connectivity index (χ4v) is 4.12. The van der Waals surface area contributed by atoms with Crippen LogP contribution in [0.2, 0.25) is 0 Å². The maximum absolute atomic E-state index is 13.5. The van der Waals surface area contributed by atoms with Crippen LogP contribution in [0.15, 0.2) is 35.5 Å². The van der Waals surface area contributed by atoms with Gasteiger partial charge >= 0.3 is 5.97 Å². The number of aliphatic imine (C=N–C) groups is 1. The number of nitrogens with zero attached hydrogens (tertiary/aromatic N) is 1. The van der Waals surface area contributed by atoms with Crippen molar-refractivity contribution in [2.75, 3.05) is 12.3 Å². The van der Waals surface area contributed by atoms with E-state index in [0.29, 0.717) is 0 Å². The summed E-state index contributed by atoms with van der Waals surface area (Å²) in [6.45, 7) is 0.137. The third kappa shape index (κ3) is 10.6. The van der Waals surface area contributed by atoms with Crippen molar-refractivity contribution in [2.45, 2.75) is 56.3 Å². The third-order valence-corrected chi connectivity index (χ3v) is 6.53. The molecule has 224 valence electrons. The topological polar surface area (TPSA) is 274 Å². The Kier molecular flexibility index (Phi) is 12.9. The first-order valence-corrected chi connectivity index (χ1v) is 13.4. The summed E-state index contributed by atoms with van der Waals surface area (Å²) in [5, 5.41) is 17.9. The van der Waals surface area contributed by atoms with Crippen molar-refractivity contribution in [3.05, 3.63) is 36.0 Å². The Balaban J connectivity index is 2.30. The predicted molar refractivity (Wildman–Crippen MR) is 156 cm³/mol. The number of thiol groups is 1. The Morgan fingerprint density at radius 1 is 0.927 bits per heavy atom. The highest BCUT2D eigenvalue weighted by atomic mass is 32.1. The van der Waals surface area contributed by atoms with E-state index in [9.17, 15) is 29.1 Å². The number of nitrogens with two attached hydrogens (primary N) is 4. The molecular weight excluding hydrogens is 554 g/mol. The van der Waals surface area contributed by atoms with Gasteiger partial charge in [0.1, 0.15) is 18.1 Å². The van der Waals surface area contributed by atoms with Crippen molar-refractivity contribution in [3.63, 3.8) is 0 Å². The molecule has 0 saturated carbocycles. The fraction of sp³-hybridized carbons (Fsp3) is 0.440. The second-order valence-electron chi connectivity index (χ2n) is 9.33. The number of carbonyl (C=O) groups is 5. The predicted octanol–water partition coefficient (Wildman–Crippen LogP) is -2.17. The summed E-state index contributed by atoms with van der Waals surface area (Å²) in [5.74, 6) is -4.38. The number of hydrogen-bond donors (Lipinski definition) is 10. The van der Waals surface area contributed by atoms with E-state index in [1.54, 1.807) is 6.20 Å². The first-order valence-electron chi connectivity index (χ1n) is 12.8. The minimum Gasteiger partial charge on any atom is -0.480 e. The largest absolute Gasteiger partial charge is 0.480 e. The molecule has 0 fully saturated rings. The summed E-state index contributed by atoms with van der Waals surface area (Å²) < 4.78 is 0. The lowest BCUT2D eigenvalue weighted by atomic mass is 10.0. The van der Waals surface area contributed by atoms with Gasteiger partial charge in [-0.1, -0.05) is 18.2 Å². The molecule has 41 heavy (non-hydrogen) atoms. The highest BCUT2D eigenvalue weighted by molar-refractivity contribution is 7.80. The third-order valence-electron chi connectivity index (χ3n) is 6.14. The monoisotopic (exact) mass is 591 g/mol. The first kappa shape index (κ1) is 32.9. The lowest BCUT2D eigenvalue weighted by Crippen LogP contribution is -2.57. The minimum atomic E-state index is -1.43. The molecule has 0 radical (unpaired) electrons. The highest BCUT2D eigenvalue weighted by Gasteiger charge is 2.30. The zero-order valence-electron chi connectivity index (χ0n) is 22.3. The first-order chi connectivity index (χ1) is 19.4. The number of aliphatic carboxylic acids is 1. The molecule has 0 aliphatic carbocycles. The highest BCUT2D eigenvalue weighted by Crippen LogP contribution is 2.19.